The van der Waals surface area contributed by atoms with Crippen LogP contribution in [-0.2, 0) is 9.59 Å². The van der Waals surface area contributed by atoms with Crippen LogP contribution in [0.3, 0.4) is 0 Å². The Labute approximate surface area is 228 Å². The van der Waals surface area contributed by atoms with Gasteiger partial charge in [0.25, 0.3) is 0 Å². The fourth-order valence-electron chi connectivity index (χ4n) is 9.90. The van der Waals surface area contributed by atoms with Crippen molar-refractivity contribution >= 4 is 17.6 Å². The minimum atomic E-state index is -0.491. The summed E-state index contributed by atoms with van der Waals surface area (Å²) >= 11 is 0. The smallest absolute Gasteiger partial charge is 0.315 e. The number of ketones is 2. The summed E-state index contributed by atoms with van der Waals surface area (Å²) in [6.45, 7) is 15.9. The third kappa shape index (κ3) is 3.52. The quantitative estimate of drug-likeness (QED) is 0.475. The first kappa shape index (κ1) is 27.2. The average Bonchev–Trinajstić information content (AvgIpc) is 2.84. The number of nitriles is 1. The van der Waals surface area contributed by atoms with Gasteiger partial charge in [0.15, 0.2) is 11.6 Å². The second kappa shape index (κ2) is 8.54. The van der Waals surface area contributed by atoms with E-state index >= 15 is 0 Å². The number of carbonyl (C=O) groups excluding carboxylic acids is 3. The Balaban J connectivity index is 1.64. The van der Waals surface area contributed by atoms with Crippen molar-refractivity contribution in [3.63, 3.8) is 0 Å². The third-order valence-corrected chi connectivity index (χ3v) is 12.2. The molecule has 5 aliphatic rings. The highest BCUT2D eigenvalue weighted by Gasteiger charge is 2.69. The SMILES string of the molecule is CCNC(=O)N[C@]12CCC(C)(C)C[C@H]1[C@H]1C(=O)C=C3[C@@]4(C)C=C(C#N)C(=O)[C@@H](C)[C@@H]4CC[C@@]3(C)[C@]1(C)CC2. The Bertz CT molecular complexity index is 1190. The number of nitrogens with one attached hydrogen (secondary N) is 2. The van der Waals surface area contributed by atoms with Gasteiger partial charge < -0.3 is 10.6 Å². The fourth-order valence-corrected chi connectivity index (χ4v) is 9.90. The Morgan fingerprint density at radius 1 is 1.05 bits per heavy atom. The Morgan fingerprint density at radius 3 is 2.39 bits per heavy atom. The summed E-state index contributed by atoms with van der Waals surface area (Å²) in [7, 11) is 0. The number of nitrogens with zero attached hydrogens (tertiary/aromatic N) is 1. The molecule has 3 fully saturated rings. The molecule has 8 atom stereocenters. The van der Waals surface area contributed by atoms with Gasteiger partial charge in [-0.3, -0.25) is 9.59 Å². The molecule has 0 unspecified atom stereocenters. The number of carbonyl (C=O) groups is 3. The Morgan fingerprint density at radius 2 is 1.74 bits per heavy atom. The molecule has 5 aliphatic carbocycles. The summed E-state index contributed by atoms with van der Waals surface area (Å²) in [5.74, 6) is -0.136. The molecule has 0 aromatic rings. The van der Waals surface area contributed by atoms with Crippen LogP contribution in [0.2, 0.25) is 0 Å². The summed E-state index contributed by atoms with van der Waals surface area (Å²) in [6, 6.07) is 2.03. The van der Waals surface area contributed by atoms with E-state index < -0.39 is 5.41 Å². The van der Waals surface area contributed by atoms with Crippen molar-refractivity contribution in [2.45, 2.75) is 99.0 Å². The van der Waals surface area contributed by atoms with E-state index in [0.717, 1.165) is 50.5 Å². The molecule has 0 saturated heterocycles. The lowest BCUT2D eigenvalue weighted by Crippen LogP contribution is -2.70. The molecule has 0 heterocycles. The van der Waals surface area contributed by atoms with E-state index in [1.807, 2.05) is 26.0 Å². The van der Waals surface area contributed by atoms with Gasteiger partial charge in [-0.15, -0.1) is 0 Å². The van der Waals surface area contributed by atoms with Crippen LogP contribution in [0.25, 0.3) is 0 Å². The van der Waals surface area contributed by atoms with Crippen LogP contribution < -0.4 is 10.6 Å². The lowest BCUT2D eigenvalue weighted by molar-refractivity contribution is -0.158. The molecule has 5 rings (SSSR count). The van der Waals surface area contributed by atoms with Crippen LogP contribution in [-0.4, -0.2) is 29.7 Å². The molecule has 0 aliphatic heterocycles. The predicted octanol–water partition coefficient (Wildman–Crippen LogP) is 5.89. The molecular formula is C32H45N3O3. The minimum Gasteiger partial charge on any atom is -0.338 e. The topological polar surface area (TPSA) is 99.1 Å². The first-order chi connectivity index (χ1) is 17.7. The third-order valence-electron chi connectivity index (χ3n) is 12.2. The number of hydrogen-bond donors (Lipinski definition) is 2. The van der Waals surface area contributed by atoms with Crippen molar-refractivity contribution in [1.29, 1.82) is 5.26 Å². The van der Waals surface area contributed by atoms with E-state index in [4.69, 9.17) is 0 Å². The van der Waals surface area contributed by atoms with Crippen LogP contribution in [0.5, 0.6) is 0 Å². The van der Waals surface area contributed by atoms with Crippen LogP contribution in [0.4, 0.5) is 4.79 Å². The maximum Gasteiger partial charge on any atom is 0.315 e. The van der Waals surface area contributed by atoms with E-state index in [2.05, 4.69) is 51.3 Å². The van der Waals surface area contributed by atoms with E-state index in [1.165, 1.54) is 0 Å². The molecule has 3 saturated carbocycles. The molecule has 6 heteroatoms. The number of urea groups is 1. The summed E-state index contributed by atoms with van der Waals surface area (Å²) in [4.78, 5) is 40.2. The second-order valence-corrected chi connectivity index (χ2v) is 14.6. The number of rotatable bonds is 2. The van der Waals surface area contributed by atoms with Gasteiger partial charge in [0.05, 0.1) is 5.57 Å². The van der Waals surface area contributed by atoms with Gasteiger partial charge in [-0.25, -0.2) is 4.79 Å². The van der Waals surface area contributed by atoms with Crippen molar-refractivity contribution in [2.24, 2.45) is 45.3 Å². The monoisotopic (exact) mass is 519 g/mol. The summed E-state index contributed by atoms with van der Waals surface area (Å²) < 4.78 is 0. The molecule has 206 valence electrons. The molecule has 0 radical (unpaired) electrons. The van der Waals surface area contributed by atoms with Crippen LogP contribution in [0.15, 0.2) is 23.3 Å². The fraction of sp³-hybridized carbons (Fsp3) is 0.750. The zero-order valence-electron chi connectivity index (χ0n) is 24.3. The van der Waals surface area contributed by atoms with Gasteiger partial charge in [-0.05, 0) is 86.0 Å². The molecule has 2 amide bonds. The van der Waals surface area contributed by atoms with Gasteiger partial charge in [-0.2, -0.15) is 5.26 Å². The number of fused-ring (bicyclic) bond motifs is 7. The number of allylic oxidation sites excluding steroid dienone is 4. The van der Waals surface area contributed by atoms with E-state index in [9.17, 15) is 19.6 Å². The molecule has 0 aromatic heterocycles. The van der Waals surface area contributed by atoms with E-state index in [1.54, 1.807) is 0 Å². The van der Waals surface area contributed by atoms with Gasteiger partial charge >= 0.3 is 6.03 Å². The van der Waals surface area contributed by atoms with Crippen molar-refractivity contribution in [2.75, 3.05) is 6.54 Å². The highest BCUT2D eigenvalue weighted by Crippen LogP contribution is 2.72. The average molecular weight is 520 g/mol. The summed E-state index contributed by atoms with van der Waals surface area (Å²) in [5, 5.41) is 16.1. The molecule has 2 N–H and O–H groups in total. The summed E-state index contributed by atoms with van der Waals surface area (Å²) in [5.41, 5.74) is 0.102. The molecule has 0 spiro atoms. The Kier molecular flexibility index (Phi) is 6.10. The van der Waals surface area contributed by atoms with Crippen molar-refractivity contribution in [3.05, 3.63) is 23.3 Å². The molecule has 6 nitrogen and oxygen atoms in total. The highest BCUT2D eigenvalue weighted by atomic mass is 16.2. The van der Waals surface area contributed by atoms with Crippen LogP contribution in [0, 0.1) is 56.7 Å². The van der Waals surface area contributed by atoms with E-state index in [-0.39, 0.29) is 68.6 Å². The van der Waals surface area contributed by atoms with Gasteiger partial charge in [0.2, 0.25) is 0 Å². The zero-order valence-corrected chi connectivity index (χ0v) is 24.3. The molecule has 38 heavy (non-hydrogen) atoms. The first-order valence-corrected chi connectivity index (χ1v) is 14.7. The van der Waals surface area contributed by atoms with Crippen LogP contribution in [0.1, 0.15) is 93.4 Å². The number of Topliss-reactive ketones (excluding diaryl/α,β-unsaturated/α-hetero) is 1. The maximum atomic E-state index is 14.4. The maximum absolute atomic E-state index is 14.4. The number of hydrogen-bond acceptors (Lipinski definition) is 4. The van der Waals surface area contributed by atoms with Crippen molar-refractivity contribution < 1.29 is 14.4 Å². The first-order valence-electron chi connectivity index (χ1n) is 14.7. The predicted molar refractivity (Wildman–Crippen MR) is 147 cm³/mol. The second-order valence-electron chi connectivity index (χ2n) is 14.6. The molecule has 0 aromatic carbocycles. The van der Waals surface area contributed by atoms with Crippen LogP contribution >= 0.6 is 0 Å². The molecular weight excluding hydrogens is 474 g/mol. The van der Waals surface area contributed by atoms with Gasteiger partial charge in [0.1, 0.15) is 6.07 Å². The largest absolute Gasteiger partial charge is 0.338 e. The highest BCUT2D eigenvalue weighted by molar-refractivity contribution is 6.02. The normalized spacial score (nSPS) is 45.2. The molecule has 0 bridgehead atoms. The minimum absolute atomic E-state index is 0.0614. The zero-order chi connectivity index (χ0) is 27.9. The van der Waals surface area contributed by atoms with Crippen molar-refractivity contribution in [1.82, 2.24) is 10.6 Å². The Hall–Kier alpha value is -2.42. The standard InChI is InChI=1S/C32H45N3O3/c1-8-34-27(38)35-32-13-11-28(3,4)17-22(32)25-23(36)15-24-29(5)16-20(18-33)26(37)19(2)21(29)9-10-30(24,6)31(25,7)12-14-32/h15-16,19,21-22,25H,8-14,17H2,1-7H3,(H2,34,35,38)/t19-,21-,22-,25-,29-,30+,31+,32-/m0/s1. The summed E-state index contributed by atoms with van der Waals surface area (Å²) in [6.07, 6.45) is 10.2. The number of amides is 2. The lowest BCUT2D eigenvalue weighted by Gasteiger charge is -2.68. The lowest BCUT2D eigenvalue weighted by atomic mass is 9.36. The van der Waals surface area contributed by atoms with Gasteiger partial charge in [-0.1, -0.05) is 53.2 Å². The van der Waals surface area contributed by atoms with Crippen molar-refractivity contribution in [3.8, 4) is 6.07 Å². The van der Waals surface area contributed by atoms with E-state index in [0.29, 0.717) is 6.54 Å². The van der Waals surface area contributed by atoms with Gasteiger partial charge in [0, 0.05) is 29.3 Å².